The van der Waals surface area contributed by atoms with E-state index in [-0.39, 0.29) is 5.91 Å². The van der Waals surface area contributed by atoms with E-state index in [1.54, 1.807) is 6.07 Å². The van der Waals surface area contributed by atoms with Gasteiger partial charge in [-0.2, -0.15) is 0 Å². The van der Waals surface area contributed by atoms with Crippen molar-refractivity contribution in [2.75, 3.05) is 0 Å². The maximum Gasteiger partial charge on any atom is 0.308 e. The van der Waals surface area contributed by atoms with E-state index in [0.717, 1.165) is 24.0 Å². The Morgan fingerprint density at radius 2 is 2.05 bits per heavy atom. The summed E-state index contributed by atoms with van der Waals surface area (Å²) in [6.45, 7) is 2.97. The molecule has 0 radical (unpaired) electrons. The van der Waals surface area contributed by atoms with E-state index in [1.807, 2.05) is 19.1 Å². The highest BCUT2D eigenvalue weighted by atomic mass is 16.5. The molecule has 0 saturated heterocycles. The Morgan fingerprint density at radius 3 is 2.82 bits per heavy atom. The average Bonchev–Trinajstić information content (AvgIpc) is 2.94. The Kier molecular flexibility index (Phi) is 3.91. The molecule has 118 valence electrons. The fraction of sp³-hybridized carbons (Fsp3) is 0.529. The molecule has 0 aromatic heterocycles. The lowest BCUT2D eigenvalue weighted by atomic mass is 9.73. The summed E-state index contributed by atoms with van der Waals surface area (Å²) in [4.78, 5) is 24.0. The van der Waals surface area contributed by atoms with Crippen molar-refractivity contribution in [3.05, 3.63) is 34.9 Å². The second kappa shape index (κ2) is 5.72. The van der Waals surface area contributed by atoms with Gasteiger partial charge >= 0.3 is 5.97 Å². The van der Waals surface area contributed by atoms with Gasteiger partial charge in [0.25, 0.3) is 5.91 Å². The lowest BCUT2D eigenvalue weighted by Gasteiger charge is -2.39. The molecule has 1 saturated carbocycles. The van der Waals surface area contributed by atoms with E-state index in [4.69, 9.17) is 4.74 Å². The van der Waals surface area contributed by atoms with Crippen LogP contribution in [-0.2, 0) is 22.7 Å². The van der Waals surface area contributed by atoms with Gasteiger partial charge in [-0.05, 0) is 43.0 Å². The summed E-state index contributed by atoms with van der Waals surface area (Å²) < 4.78 is 5.36. The zero-order valence-electron chi connectivity index (χ0n) is 12.7. The van der Waals surface area contributed by atoms with Crippen LogP contribution in [0.3, 0.4) is 0 Å². The molecule has 2 N–H and O–H groups in total. The molecule has 0 bridgehead atoms. The van der Waals surface area contributed by atoms with Crippen LogP contribution in [0, 0.1) is 5.92 Å². The highest BCUT2D eigenvalue weighted by Crippen LogP contribution is 2.34. The van der Waals surface area contributed by atoms with Crippen molar-refractivity contribution in [1.82, 2.24) is 5.32 Å². The van der Waals surface area contributed by atoms with Gasteiger partial charge in [-0.1, -0.05) is 18.9 Å². The number of carboxylic acids is 1. The summed E-state index contributed by atoms with van der Waals surface area (Å²) in [5.41, 5.74) is 2.04. The number of carbonyl (C=O) groups is 2. The van der Waals surface area contributed by atoms with Crippen molar-refractivity contribution in [2.45, 2.75) is 51.4 Å². The van der Waals surface area contributed by atoms with E-state index in [0.29, 0.717) is 31.6 Å². The lowest BCUT2D eigenvalue weighted by Crippen LogP contribution is -2.55. The monoisotopic (exact) mass is 303 g/mol. The van der Waals surface area contributed by atoms with E-state index < -0.39 is 17.4 Å². The molecule has 5 heteroatoms. The molecular weight excluding hydrogens is 282 g/mol. The fourth-order valence-corrected chi connectivity index (χ4v) is 3.52. The van der Waals surface area contributed by atoms with Crippen molar-refractivity contribution in [2.24, 2.45) is 5.92 Å². The molecule has 1 aliphatic heterocycles. The molecule has 5 nitrogen and oxygen atoms in total. The summed E-state index contributed by atoms with van der Waals surface area (Å²) in [5.74, 6) is -1.56. The molecule has 3 rings (SSSR count). The van der Waals surface area contributed by atoms with E-state index in [2.05, 4.69) is 5.32 Å². The van der Waals surface area contributed by atoms with Gasteiger partial charge in [0, 0.05) is 5.56 Å². The van der Waals surface area contributed by atoms with Gasteiger partial charge in [0.15, 0.2) is 0 Å². The number of aliphatic carboxylic acids is 1. The van der Waals surface area contributed by atoms with Crippen molar-refractivity contribution in [1.29, 1.82) is 0 Å². The molecule has 0 spiro atoms. The first-order valence-electron chi connectivity index (χ1n) is 7.74. The quantitative estimate of drug-likeness (QED) is 0.899. The zero-order chi connectivity index (χ0) is 15.7. The molecule has 2 unspecified atom stereocenters. The molecule has 1 aromatic rings. The maximum atomic E-state index is 12.5. The van der Waals surface area contributed by atoms with Gasteiger partial charge < -0.3 is 15.2 Å². The second-order valence-electron chi connectivity index (χ2n) is 6.48. The summed E-state index contributed by atoms with van der Waals surface area (Å²) >= 11 is 0. The summed E-state index contributed by atoms with van der Waals surface area (Å²) in [6, 6.07) is 5.54. The van der Waals surface area contributed by atoms with Crippen LogP contribution in [0.4, 0.5) is 0 Å². The smallest absolute Gasteiger partial charge is 0.308 e. The molecule has 1 fully saturated rings. The molecule has 1 heterocycles. The first kappa shape index (κ1) is 15.0. The summed E-state index contributed by atoms with van der Waals surface area (Å²) in [6.07, 6.45) is 3.16. The number of hydrogen-bond donors (Lipinski definition) is 2. The van der Waals surface area contributed by atoms with E-state index >= 15 is 0 Å². The number of ether oxygens (including phenoxy) is 1. The Bertz CT molecular complexity index is 613. The molecule has 1 aliphatic carbocycles. The number of fused-ring (bicyclic) bond motifs is 1. The van der Waals surface area contributed by atoms with Gasteiger partial charge in [0.1, 0.15) is 0 Å². The third-order valence-electron chi connectivity index (χ3n) is 4.89. The minimum atomic E-state index is -0.829. The van der Waals surface area contributed by atoms with Gasteiger partial charge in [0.2, 0.25) is 0 Å². The van der Waals surface area contributed by atoms with Gasteiger partial charge in [-0.15, -0.1) is 0 Å². The van der Waals surface area contributed by atoms with Crippen molar-refractivity contribution in [3.63, 3.8) is 0 Å². The number of hydrogen-bond acceptors (Lipinski definition) is 3. The van der Waals surface area contributed by atoms with Crippen LogP contribution in [0.15, 0.2) is 18.2 Å². The van der Waals surface area contributed by atoms with Gasteiger partial charge in [0.05, 0.1) is 24.7 Å². The number of benzene rings is 1. The zero-order valence-corrected chi connectivity index (χ0v) is 12.7. The van der Waals surface area contributed by atoms with Crippen LogP contribution >= 0.6 is 0 Å². The number of carbonyl (C=O) groups excluding carboxylic acids is 1. The Labute approximate surface area is 129 Å². The summed E-state index contributed by atoms with van der Waals surface area (Å²) in [5, 5.41) is 12.4. The average molecular weight is 303 g/mol. The SMILES string of the molecule is CC1(NC(=O)c2ccc3c(c2)COC3)CCCCC1C(=O)O. The second-order valence-corrected chi connectivity index (χ2v) is 6.48. The van der Waals surface area contributed by atoms with Crippen LogP contribution in [0.1, 0.15) is 54.1 Å². The predicted molar refractivity (Wildman–Crippen MR) is 80.4 cm³/mol. The minimum Gasteiger partial charge on any atom is -0.481 e. The Balaban J connectivity index is 1.79. The molecule has 1 amide bonds. The van der Waals surface area contributed by atoms with E-state index in [1.165, 1.54) is 0 Å². The van der Waals surface area contributed by atoms with Crippen LogP contribution in [0.2, 0.25) is 0 Å². The number of amides is 1. The Morgan fingerprint density at radius 1 is 1.27 bits per heavy atom. The predicted octanol–water partition coefficient (Wildman–Crippen LogP) is 2.48. The first-order valence-corrected chi connectivity index (χ1v) is 7.74. The molecular formula is C17H21NO4. The lowest BCUT2D eigenvalue weighted by molar-refractivity contribution is -0.145. The topological polar surface area (TPSA) is 75.6 Å². The van der Waals surface area contributed by atoms with Crippen LogP contribution in [-0.4, -0.2) is 22.5 Å². The van der Waals surface area contributed by atoms with Gasteiger partial charge in [-0.25, -0.2) is 0 Å². The summed E-state index contributed by atoms with van der Waals surface area (Å²) in [7, 11) is 0. The van der Waals surface area contributed by atoms with Crippen molar-refractivity contribution in [3.8, 4) is 0 Å². The third kappa shape index (κ3) is 2.73. The maximum absolute atomic E-state index is 12.5. The highest BCUT2D eigenvalue weighted by molar-refractivity contribution is 5.95. The fourth-order valence-electron chi connectivity index (χ4n) is 3.52. The molecule has 1 aromatic carbocycles. The molecule has 2 aliphatic rings. The largest absolute Gasteiger partial charge is 0.481 e. The van der Waals surface area contributed by atoms with E-state index in [9.17, 15) is 14.7 Å². The van der Waals surface area contributed by atoms with Crippen molar-refractivity contribution < 1.29 is 19.4 Å². The normalized spacial score (nSPS) is 27.2. The van der Waals surface area contributed by atoms with Crippen LogP contribution in [0.25, 0.3) is 0 Å². The van der Waals surface area contributed by atoms with Crippen molar-refractivity contribution >= 4 is 11.9 Å². The highest BCUT2D eigenvalue weighted by Gasteiger charge is 2.42. The van der Waals surface area contributed by atoms with Gasteiger partial charge in [-0.3, -0.25) is 9.59 Å². The number of rotatable bonds is 3. The standard InChI is InChI=1S/C17H21NO4/c1-17(7-3-2-4-14(17)16(20)21)18-15(19)11-5-6-12-9-22-10-13(12)8-11/h5-6,8,14H,2-4,7,9-10H2,1H3,(H,18,19)(H,20,21). The Hall–Kier alpha value is -1.88. The number of nitrogens with one attached hydrogen (secondary N) is 1. The third-order valence-corrected chi connectivity index (χ3v) is 4.89. The number of carboxylic acid groups (broad SMARTS) is 1. The van der Waals surface area contributed by atoms with Crippen LogP contribution in [0.5, 0.6) is 0 Å². The van der Waals surface area contributed by atoms with Crippen LogP contribution < -0.4 is 5.32 Å². The minimum absolute atomic E-state index is 0.203. The molecule has 2 atom stereocenters. The molecule has 22 heavy (non-hydrogen) atoms. The first-order chi connectivity index (χ1) is 10.5.